The van der Waals surface area contributed by atoms with Crippen molar-refractivity contribution in [3.05, 3.63) is 0 Å². The SMILES string of the molecule is C.CC(C)C(=O)[C@@H](N)CCCN=C(N)N.CC(N)=NCCC[C@@H](N)C(=O)C(C)C. The molecule has 0 saturated heterocycles. The molecule has 0 rings (SSSR count). The number of nitrogens with zero attached hydrogens (tertiary/aromatic N) is 2. The molecule has 9 heteroatoms. The summed E-state index contributed by atoms with van der Waals surface area (Å²) in [4.78, 5) is 30.6. The van der Waals surface area contributed by atoms with Crippen LogP contribution in [0.25, 0.3) is 0 Å². The highest BCUT2D eigenvalue weighted by Crippen LogP contribution is 2.04. The van der Waals surface area contributed by atoms with Crippen LogP contribution in [0.1, 0.15) is 67.7 Å². The van der Waals surface area contributed by atoms with Gasteiger partial charge in [0.25, 0.3) is 0 Å². The molecule has 0 spiro atoms. The van der Waals surface area contributed by atoms with E-state index in [0.29, 0.717) is 31.8 Å². The van der Waals surface area contributed by atoms with Gasteiger partial charge in [0.15, 0.2) is 17.5 Å². The zero-order chi connectivity index (χ0) is 22.3. The van der Waals surface area contributed by atoms with Gasteiger partial charge in [0.2, 0.25) is 0 Å². The third-order valence-electron chi connectivity index (χ3n) is 3.87. The maximum absolute atomic E-state index is 11.4. The predicted octanol–water partition coefficient (Wildman–Crippen LogP) is 0.925. The molecule has 0 radical (unpaired) electrons. The first-order chi connectivity index (χ1) is 12.9. The van der Waals surface area contributed by atoms with Crippen molar-refractivity contribution < 1.29 is 9.59 Å². The van der Waals surface area contributed by atoms with Crippen LogP contribution >= 0.6 is 0 Å². The number of Topliss-reactive ketones (excluding diaryl/α,β-unsaturated/α-hetero) is 2. The number of hydrogen-bond donors (Lipinski definition) is 5. The van der Waals surface area contributed by atoms with Crippen molar-refractivity contribution in [2.75, 3.05) is 13.1 Å². The zero-order valence-electron chi connectivity index (χ0n) is 18.1. The summed E-state index contributed by atoms with van der Waals surface area (Å²) < 4.78 is 0. The summed E-state index contributed by atoms with van der Waals surface area (Å²) in [6.45, 7) is 10.4. The van der Waals surface area contributed by atoms with Crippen LogP contribution in [-0.2, 0) is 9.59 Å². The van der Waals surface area contributed by atoms with E-state index in [2.05, 4.69) is 9.98 Å². The number of carbonyl (C=O) groups excluding carboxylic acids is 2. The van der Waals surface area contributed by atoms with Gasteiger partial charge in [0.1, 0.15) is 0 Å². The Morgan fingerprint density at radius 3 is 1.38 bits per heavy atom. The lowest BCUT2D eigenvalue weighted by Crippen LogP contribution is -2.33. The lowest BCUT2D eigenvalue weighted by molar-refractivity contribution is -0.124. The van der Waals surface area contributed by atoms with Gasteiger partial charge < -0.3 is 28.7 Å². The molecule has 2 atom stereocenters. The van der Waals surface area contributed by atoms with Crippen molar-refractivity contribution in [1.29, 1.82) is 0 Å². The quantitative estimate of drug-likeness (QED) is 0.178. The Kier molecular flexibility index (Phi) is 19.7. The van der Waals surface area contributed by atoms with E-state index in [9.17, 15) is 9.59 Å². The van der Waals surface area contributed by atoms with Gasteiger partial charge in [-0.2, -0.15) is 0 Å². The van der Waals surface area contributed by atoms with Gasteiger partial charge >= 0.3 is 0 Å². The molecule has 0 bridgehead atoms. The molecule has 29 heavy (non-hydrogen) atoms. The summed E-state index contributed by atoms with van der Waals surface area (Å²) in [6.07, 6.45) is 2.87. The minimum atomic E-state index is -0.385. The molecule has 10 N–H and O–H groups in total. The molecule has 0 aromatic heterocycles. The van der Waals surface area contributed by atoms with Crippen molar-refractivity contribution in [1.82, 2.24) is 0 Å². The highest BCUT2D eigenvalue weighted by atomic mass is 16.1. The molecule has 9 nitrogen and oxygen atoms in total. The summed E-state index contributed by atoms with van der Waals surface area (Å²) in [6, 6.07) is -0.729. The Hall–Kier alpha value is -2.00. The number of ketones is 2. The van der Waals surface area contributed by atoms with Gasteiger partial charge in [0, 0.05) is 24.9 Å². The maximum atomic E-state index is 11.4. The number of carbonyl (C=O) groups is 2. The molecular weight excluding hydrogens is 370 g/mol. The molecule has 0 aromatic rings. The largest absolute Gasteiger partial charge is 0.388 e. The maximum Gasteiger partial charge on any atom is 0.185 e. The molecule has 0 aliphatic heterocycles. The summed E-state index contributed by atoms with van der Waals surface area (Å²) in [5.41, 5.74) is 27.0. The van der Waals surface area contributed by atoms with Crippen molar-refractivity contribution in [3.63, 3.8) is 0 Å². The molecule has 0 saturated carbocycles. The summed E-state index contributed by atoms with van der Waals surface area (Å²) >= 11 is 0. The number of rotatable bonds is 12. The van der Waals surface area contributed by atoms with Crippen LogP contribution in [0.4, 0.5) is 0 Å². The molecule has 0 aliphatic rings. The lowest BCUT2D eigenvalue weighted by Gasteiger charge is -2.11. The normalized spacial score (nSPS) is 13.1. The van der Waals surface area contributed by atoms with Crippen LogP contribution in [0, 0.1) is 11.8 Å². The van der Waals surface area contributed by atoms with Gasteiger partial charge in [-0.1, -0.05) is 35.1 Å². The molecule has 0 fully saturated rings. The molecule has 0 aliphatic carbocycles. The van der Waals surface area contributed by atoms with Crippen LogP contribution < -0.4 is 28.7 Å². The molecule has 0 amide bonds. The number of guanidine groups is 1. The van der Waals surface area contributed by atoms with Crippen LogP contribution in [0.2, 0.25) is 0 Å². The fraction of sp³-hybridized carbons (Fsp3) is 0.800. The summed E-state index contributed by atoms with van der Waals surface area (Å²) in [7, 11) is 0. The minimum absolute atomic E-state index is 0. The lowest BCUT2D eigenvalue weighted by atomic mass is 9.99. The Bertz CT molecular complexity index is 463. The Morgan fingerprint density at radius 2 is 1.10 bits per heavy atom. The summed E-state index contributed by atoms with van der Waals surface area (Å²) in [5, 5.41) is 0. The van der Waals surface area contributed by atoms with Gasteiger partial charge in [-0.3, -0.25) is 19.6 Å². The van der Waals surface area contributed by atoms with E-state index in [4.69, 9.17) is 28.7 Å². The number of amidine groups is 1. The van der Waals surface area contributed by atoms with E-state index in [1.807, 2.05) is 27.7 Å². The van der Waals surface area contributed by atoms with E-state index < -0.39 is 0 Å². The third kappa shape index (κ3) is 19.1. The molecule has 172 valence electrons. The van der Waals surface area contributed by atoms with Gasteiger partial charge in [0.05, 0.1) is 17.9 Å². The van der Waals surface area contributed by atoms with Crippen molar-refractivity contribution in [2.24, 2.45) is 50.5 Å². The van der Waals surface area contributed by atoms with Crippen LogP contribution in [-0.4, -0.2) is 48.5 Å². The predicted molar refractivity (Wildman–Crippen MR) is 124 cm³/mol. The average molecular weight is 416 g/mol. The van der Waals surface area contributed by atoms with Crippen molar-refractivity contribution in [3.8, 4) is 0 Å². The first-order valence-corrected chi connectivity index (χ1v) is 9.80. The number of nitrogens with two attached hydrogens (primary N) is 5. The second-order valence-corrected chi connectivity index (χ2v) is 7.44. The molecule has 0 unspecified atom stereocenters. The number of hydrogen-bond acceptors (Lipinski definition) is 6. The zero-order valence-corrected chi connectivity index (χ0v) is 18.1. The topological polar surface area (TPSA) is 189 Å². The average Bonchev–Trinajstić information content (AvgIpc) is 2.60. The fourth-order valence-electron chi connectivity index (χ4n) is 2.23. The second kappa shape index (κ2) is 18.1. The van der Waals surface area contributed by atoms with Crippen molar-refractivity contribution in [2.45, 2.75) is 79.8 Å². The van der Waals surface area contributed by atoms with Crippen molar-refractivity contribution >= 4 is 23.4 Å². The van der Waals surface area contributed by atoms with E-state index in [1.54, 1.807) is 6.92 Å². The highest BCUT2D eigenvalue weighted by Gasteiger charge is 2.16. The molecule has 0 aromatic carbocycles. The van der Waals surface area contributed by atoms with Crippen LogP contribution in [0.15, 0.2) is 9.98 Å². The first-order valence-electron chi connectivity index (χ1n) is 9.80. The fourth-order valence-corrected chi connectivity index (χ4v) is 2.23. The highest BCUT2D eigenvalue weighted by molar-refractivity contribution is 5.85. The van der Waals surface area contributed by atoms with Gasteiger partial charge in [-0.25, -0.2) is 0 Å². The summed E-state index contributed by atoms with van der Waals surface area (Å²) in [5.74, 6) is 0.883. The van der Waals surface area contributed by atoms with E-state index in [-0.39, 0.29) is 48.9 Å². The van der Waals surface area contributed by atoms with E-state index in [1.165, 1.54) is 0 Å². The van der Waals surface area contributed by atoms with E-state index in [0.717, 1.165) is 12.8 Å². The van der Waals surface area contributed by atoms with E-state index >= 15 is 0 Å². The smallest absolute Gasteiger partial charge is 0.185 e. The van der Waals surface area contributed by atoms with Gasteiger partial charge in [-0.15, -0.1) is 0 Å². The van der Waals surface area contributed by atoms with Crippen LogP contribution in [0.3, 0.4) is 0 Å². The second-order valence-electron chi connectivity index (χ2n) is 7.44. The first kappa shape index (κ1) is 31.7. The molecular formula is C20H45N7O2. The monoisotopic (exact) mass is 415 g/mol. The Balaban J connectivity index is -0.000000451. The van der Waals surface area contributed by atoms with Crippen LogP contribution in [0.5, 0.6) is 0 Å². The Labute approximate surface area is 176 Å². The standard InChI is InChI=1S/C10H21N3O.C9H20N4O.CH4/c1-7(2)10(14)9(12)5-4-6-13-8(3)11;1-6(2)8(14)7(10)4-3-5-13-9(11)12;/h7,9H,4-6,12H2,1-3H3,(H2,11,13);6-7H,3-5,10H2,1-2H3,(H4,11,12,13);1H4/t9-;7-;/m10./s1. The molecule has 0 heterocycles. The number of aliphatic imine (C=N–C) groups is 2. The third-order valence-corrected chi connectivity index (χ3v) is 3.87. The minimum Gasteiger partial charge on any atom is -0.388 e. The van der Waals surface area contributed by atoms with Gasteiger partial charge in [-0.05, 0) is 32.6 Å². The Morgan fingerprint density at radius 1 is 0.759 bits per heavy atom.